The van der Waals surface area contributed by atoms with Gasteiger partial charge in [-0.05, 0) is 43.6 Å². The van der Waals surface area contributed by atoms with Crippen LogP contribution in [0.1, 0.15) is 23.6 Å². The predicted molar refractivity (Wildman–Crippen MR) is 101 cm³/mol. The van der Waals surface area contributed by atoms with E-state index >= 15 is 0 Å². The zero-order valence-electron chi connectivity index (χ0n) is 15.2. The van der Waals surface area contributed by atoms with Gasteiger partial charge in [0.2, 0.25) is 0 Å². The quantitative estimate of drug-likeness (QED) is 0.417. The molecule has 0 radical (unpaired) electrons. The van der Waals surface area contributed by atoms with E-state index in [1.54, 1.807) is 11.8 Å². The molecule has 0 saturated carbocycles. The molecule has 1 aromatic carbocycles. The van der Waals surface area contributed by atoms with Crippen molar-refractivity contribution in [2.24, 2.45) is 12.0 Å². The van der Waals surface area contributed by atoms with Crippen LogP contribution in [0.5, 0.6) is 0 Å². The minimum Gasteiger partial charge on any atom is -0.356 e. The first kappa shape index (κ1) is 20.2. The highest BCUT2D eigenvalue weighted by Crippen LogP contribution is 2.10. The number of hydrogen-bond donors (Lipinski definition) is 2. The molecule has 0 spiro atoms. The van der Waals surface area contributed by atoms with E-state index in [-0.39, 0.29) is 12.1 Å². The largest absolute Gasteiger partial charge is 0.356 e. The second kappa shape index (κ2) is 10.1. The summed E-state index contributed by atoms with van der Waals surface area (Å²) < 4.78 is 29.0. The first-order valence-electron chi connectivity index (χ1n) is 8.31. The van der Waals surface area contributed by atoms with Crippen molar-refractivity contribution in [3.05, 3.63) is 47.0 Å². The summed E-state index contributed by atoms with van der Waals surface area (Å²) in [5.41, 5.74) is 0.213. The van der Waals surface area contributed by atoms with E-state index in [9.17, 15) is 8.78 Å². The van der Waals surface area contributed by atoms with Crippen LogP contribution in [0.15, 0.2) is 23.2 Å². The Morgan fingerprint density at radius 2 is 2.08 bits per heavy atom. The summed E-state index contributed by atoms with van der Waals surface area (Å²) >= 11 is 1.77. The van der Waals surface area contributed by atoms with Crippen molar-refractivity contribution < 1.29 is 8.78 Å². The summed E-state index contributed by atoms with van der Waals surface area (Å²) in [4.78, 5) is 4.37. The van der Waals surface area contributed by atoms with E-state index in [4.69, 9.17) is 0 Å². The number of guanidine groups is 1. The van der Waals surface area contributed by atoms with E-state index in [0.29, 0.717) is 12.5 Å². The van der Waals surface area contributed by atoms with Crippen molar-refractivity contribution in [2.75, 3.05) is 18.6 Å². The van der Waals surface area contributed by atoms with E-state index in [2.05, 4.69) is 32.1 Å². The molecule has 2 rings (SSSR count). The van der Waals surface area contributed by atoms with E-state index < -0.39 is 11.6 Å². The fourth-order valence-electron chi connectivity index (χ4n) is 2.19. The van der Waals surface area contributed by atoms with Crippen LogP contribution >= 0.6 is 11.8 Å². The van der Waals surface area contributed by atoms with Gasteiger partial charge in [0.1, 0.15) is 17.5 Å². The van der Waals surface area contributed by atoms with Crippen LogP contribution in [0, 0.1) is 18.6 Å². The molecule has 0 aliphatic carbocycles. The molecule has 2 aromatic rings. The fraction of sp³-hybridized carbons (Fsp3) is 0.471. The molecule has 2 N–H and O–H groups in total. The van der Waals surface area contributed by atoms with Crippen molar-refractivity contribution in [2.45, 2.75) is 26.4 Å². The lowest BCUT2D eigenvalue weighted by atomic mass is 10.2. The number of aromatic nitrogens is 3. The van der Waals surface area contributed by atoms with Gasteiger partial charge in [0, 0.05) is 19.2 Å². The Morgan fingerprint density at radius 3 is 2.77 bits per heavy atom. The van der Waals surface area contributed by atoms with Gasteiger partial charge < -0.3 is 15.2 Å². The number of thioether (sulfide) groups is 1. The maximum atomic E-state index is 13.8. The predicted octanol–water partition coefficient (Wildman–Crippen LogP) is 2.39. The molecule has 0 aliphatic rings. The summed E-state index contributed by atoms with van der Waals surface area (Å²) in [5, 5.41) is 14.5. The fourth-order valence-corrected chi connectivity index (χ4v) is 2.63. The van der Waals surface area contributed by atoms with Gasteiger partial charge in [-0.1, -0.05) is 0 Å². The number of aliphatic imine (C=N–C) groups is 1. The van der Waals surface area contributed by atoms with Gasteiger partial charge in [0.05, 0.1) is 13.1 Å². The number of halogens is 2. The third kappa shape index (κ3) is 5.98. The number of hydrogen-bond acceptors (Lipinski definition) is 4. The Balaban J connectivity index is 2.03. The van der Waals surface area contributed by atoms with Crippen LogP contribution in [0.3, 0.4) is 0 Å². The summed E-state index contributed by atoms with van der Waals surface area (Å²) in [7, 11) is 1.89. The van der Waals surface area contributed by atoms with Gasteiger partial charge in [-0.15, -0.1) is 10.2 Å². The topological polar surface area (TPSA) is 67.1 Å². The lowest BCUT2D eigenvalue weighted by Crippen LogP contribution is -2.38. The smallest absolute Gasteiger partial charge is 0.191 e. The highest BCUT2D eigenvalue weighted by Gasteiger charge is 2.07. The molecule has 0 aliphatic heterocycles. The van der Waals surface area contributed by atoms with E-state index in [1.165, 1.54) is 0 Å². The molecule has 0 amide bonds. The summed E-state index contributed by atoms with van der Waals surface area (Å²) in [5.74, 6) is 2.18. The Morgan fingerprint density at radius 1 is 1.27 bits per heavy atom. The monoisotopic (exact) mass is 382 g/mol. The Kier molecular flexibility index (Phi) is 7.83. The molecule has 0 atom stereocenters. The van der Waals surface area contributed by atoms with Crippen LogP contribution in [-0.2, 0) is 20.1 Å². The van der Waals surface area contributed by atoms with Gasteiger partial charge >= 0.3 is 0 Å². The van der Waals surface area contributed by atoms with Gasteiger partial charge in [0.15, 0.2) is 11.8 Å². The number of aryl methyl sites for hydroxylation is 1. The van der Waals surface area contributed by atoms with Gasteiger partial charge in [-0.25, -0.2) is 13.8 Å². The van der Waals surface area contributed by atoms with Crippen molar-refractivity contribution in [3.63, 3.8) is 0 Å². The molecule has 6 nitrogen and oxygen atoms in total. The van der Waals surface area contributed by atoms with Crippen molar-refractivity contribution in [1.29, 1.82) is 0 Å². The summed E-state index contributed by atoms with van der Waals surface area (Å²) in [6, 6.07) is 3.37. The Bertz CT molecular complexity index is 747. The minimum absolute atomic E-state index is 0.0410. The van der Waals surface area contributed by atoms with Crippen LogP contribution in [0.4, 0.5) is 8.78 Å². The summed E-state index contributed by atoms with van der Waals surface area (Å²) in [6.07, 6.45) is 3.02. The maximum Gasteiger partial charge on any atom is 0.191 e. The molecule has 0 fully saturated rings. The number of benzene rings is 1. The molecule has 1 aromatic heterocycles. The van der Waals surface area contributed by atoms with Gasteiger partial charge in [-0.3, -0.25) is 0 Å². The van der Waals surface area contributed by atoms with Crippen LogP contribution in [0.25, 0.3) is 0 Å². The van der Waals surface area contributed by atoms with Crippen molar-refractivity contribution in [3.8, 4) is 0 Å². The number of nitrogens with one attached hydrogen (secondary N) is 2. The van der Waals surface area contributed by atoms with Crippen LogP contribution in [0.2, 0.25) is 0 Å². The van der Waals surface area contributed by atoms with Crippen molar-refractivity contribution in [1.82, 2.24) is 25.4 Å². The highest BCUT2D eigenvalue weighted by molar-refractivity contribution is 7.98. The molecular formula is C17H24F2N6S. The second-order valence-electron chi connectivity index (χ2n) is 5.75. The lowest BCUT2D eigenvalue weighted by Gasteiger charge is -2.12. The van der Waals surface area contributed by atoms with Crippen LogP contribution in [-0.4, -0.2) is 39.3 Å². The SMILES string of the molecule is CSCCCNC(=NCc1cc(F)ccc1F)NCc1nnc(C)n1C. The number of rotatable bonds is 8. The highest BCUT2D eigenvalue weighted by atomic mass is 32.2. The third-order valence-electron chi connectivity index (χ3n) is 3.83. The minimum atomic E-state index is -0.478. The molecular weight excluding hydrogens is 358 g/mol. The van der Waals surface area contributed by atoms with E-state index in [1.807, 2.05) is 18.5 Å². The molecule has 26 heavy (non-hydrogen) atoms. The molecule has 142 valence electrons. The first-order valence-corrected chi connectivity index (χ1v) is 9.70. The Hall–Kier alpha value is -2.16. The standard InChI is InChI=1S/C17H24F2N6S/c1-12-23-24-16(25(12)2)11-22-17(20-7-4-8-26-3)21-10-13-9-14(18)5-6-15(13)19/h5-6,9H,4,7-8,10-11H2,1-3H3,(H2,20,21,22). The maximum absolute atomic E-state index is 13.8. The average molecular weight is 382 g/mol. The second-order valence-corrected chi connectivity index (χ2v) is 6.74. The molecule has 0 unspecified atom stereocenters. The van der Waals surface area contributed by atoms with Crippen molar-refractivity contribution >= 4 is 17.7 Å². The molecule has 9 heteroatoms. The zero-order chi connectivity index (χ0) is 18.9. The van der Waals surface area contributed by atoms with E-state index in [0.717, 1.165) is 48.6 Å². The Labute approximate surface area is 156 Å². The normalized spacial score (nSPS) is 11.7. The lowest BCUT2D eigenvalue weighted by molar-refractivity contribution is 0.585. The third-order valence-corrected chi connectivity index (χ3v) is 4.53. The summed E-state index contributed by atoms with van der Waals surface area (Å²) in [6.45, 7) is 3.08. The van der Waals surface area contributed by atoms with Gasteiger partial charge in [0.25, 0.3) is 0 Å². The molecule has 0 saturated heterocycles. The average Bonchev–Trinajstić information content (AvgIpc) is 2.95. The zero-order valence-corrected chi connectivity index (χ0v) is 16.0. The molecule has 0 bridgehead atoms. The van der Waals surface area contributed by atoms with Crippen LogP contribution < -0.4 is 10.6 Å². The van der Waals surface area contributed by atoms with Gasteiger partial charge in [-0.2, -0.15) is 11.8 Å². The first-order chi connectivity index (χ1) is 12.5. The molecule has 1 heterocycles. The number of nitrogens with zero attached hydrogens (tertiary/aromatic N) is 4.